The Morgan fingerprint density at radius 1 is 1.20 bits per heavy atom. The largest absolute Gasteiger partial charge is 0.397 e. The van der Waals surface area contributed by atoms with Gasteiger partial charge in [0, 0.05) is 10.2 Å². The quantitative estimate of drug-likeness (QED) is 0.802. The van der Waals surface area contributed by atoms with E-state index in [2.05, 4.69) is 20.7 Å². The third-order valence-electron chi connectivity index (χ3n) is 2.70. The van der Waals surface area contributed by atoms with E-state index < -0.39 is 10.0 Å². The van der Waals surface area contributed by atoms with Gasteiger partial charge in [-0.05, 0) is 42.8 Å². The van der Waals surface area contributed by atoms with E-state index in [0.29, 0.717) is 10.7 Å². The highest BCUT2D eigenvalue weighted by Crippen LogP contribution is 2.25. The van der Waals surface area contributed by atoms with Crippen LogP contribution in [-0.2, 0) is 10.0 Å². The predicted octanol–water partition coefficient (Wildman–Crippen LogP) is 3.79. The SMILES string of the molecule is Cc1ccc(NS(=O)(=O)c2ccc(Cl)c(N)c2)cc1Br. The molecule has 0 saturated carbocycles. The minimum Gasteiger partial charge on any atom is -0.397 e. The lowest BCUT2D eigenvalue weighted by Gasteiger charge is -2.10. The molecule has 0 spiro atoms. The fourth-order valence-electron chi connectivity index (χ4n) is 1.56. The normalized spacial score (nSPS) is 11.3. The second kappa shape index (κ2) is 5.63. The summed E-state index contributed by atoms with van der Waals surface area (Å²) in [5.41, 5.74) is 7.33. The molecule has 106 valence electrons. The first-order valence-corrected chi connectivity index (χ1v) is 8.29. The third-order valence-corrected chi connectivity index (χ3v) is 5.28. The zero-order chi connectivity index (χ0) is 14.9. The van der Waals surface area contributed by atoms with Gasteiger partial charge in [0.1, 0.15) is 0 Å². The molecule has 0 aliphatic carbocycles. The molecule has 0 bridgehead atoms. The number of benzene rings is 2. The first-order valence-electron chi connectivity index (χ1n) is 5.63. The van der Waals surface area contributed by atoms with Crippen molar-refractivity contribution in [2.24, 2.45) is 0 Å². The van der Waals surface area contributed by atoms with E-state index in [-0.39, 0.29) is 10.6 Å². The molecule has 0 atom stereocenters. The van der Waals surface area contributed by atoms with Gasteiger partial charge in [0.2, 0.25) is 0 Å². The number of nitrogens with two attached hydrogens (primary N) is 1. The van der Waals surface area contributed by atoms with Crippen molar-refractivity contribution in [1.82, 2.24) is 0 Å². The summed E-state index contributed by atoms with van der Waals surface area (Å²) in [4.78, 5) is 0.0658. The number of halogens is 2. The van der Waals surface area contributed by atoms with Gasteiger partial charge in [-0.15, -0.1) is 0 Å². The molecule has 0 fully saturated rings. The summed E-state index contributed by atoms with van der Waals surface area (Å²) in [5.74, 6) is 0. The van der Waals surface area contributed by atoms with Crippen molar-refractivity contribution in [1.29, 1.82) is 0 Å². The number of aryl methyl sites for hydroxylation is 1. The molecule has 7 heteroatoms. The van der Waals surface area contributed by atoms with Crippen LogP contribution < -0.4 is 10.5 Å². The molecule has 2 rings (SSSR count). The Bertz CT molecular complexity index is 763. The van der Waals surface area contributed by atoms with E-state index in [9.17, 15) is 8.42 Å². The molecule has 0 amide bonds. The lowest BCUT2D eigenvalue weighted by atomic mass is 10.2. The molecule has 2 aromatic carbocycles. The molecule has 0 unspecified atom stereocenters. The summed E-state index contributed by atoms with van der Waals surface area (Å²) in [6.07, 6.45) is 0. The highest BCUT2D eigenvalue weighted by atomic mass is 79.9. The summed E-state index contributed by atoms with van der Waals surface area (Å²) >= 11 is 9.14. The Hall–Kier alpha value is -1.24. The summed E-state index contributed by atoms with van der Waals surface area (Å²) in [7, 11) is -3.69. The van der Waals surface area contributed by atoms with Crippen LogP contribution >= 0.6 is 27.5 Å². The summed E-state index contributed by atoms with van der Waals surface area (Å²) < 4.78 is 27.8. The van der Waals surface area contributed by atoms with Crippen LogP contribution in [0, 0.1) is 6.92 Å². The molecule has 0 aliphatic rings. The van der Waals surface area contributed by atoms with E-state index in [1.165, 1.54) is 18.2 Å². The van der Waals surface area contributed by atoms with Crippen molar-refractivity contribution in [3.05, 3.63) is 51.5 Å². The predicted molar refractivity (Wildman–Crippen MR) is 85.6 cm³/mol. The summed E-state index contributed by atoms with van der Waals surface area (Å²) in [6, 6.07) is 9.40. The Morgan fingerprint density at radius 2 is 1.90 bits per heavy atom. The van der Waals surface area contributed by atoms with Crippen LogP contribution in [0.25, 0.3) is 0 Å². The average molecular weight is 376 g/mol. The fraction of sp³-hybridized carbons (Fsp3) is 0.0769. The standard InChI is InChI=1S/C13H12BrClN2O2S/c1-8-2-3-9(6-11(8)14)17-20(18,19)10-4-5-12(15)13(16)7-10/h2-7,17H,16H2,1H3. The molecule has 0 aromatic heterocycles. The molecule has 4 nitrogen and oxygen atoms in total. The Labute approximate surface area is 131 Å². The van der Waals surface area contributed by atoms with Gasteiger partial charge in [-0.25, -0.2) is 8.42 Å². The van der Waals surface area contributed by atoms with Crippen molar-refractivity contribution in [2.75, 3.05) is 10.5 Å². The van der Waals surface area contributed by atoms with Crippen molar-refractivity contribution >= 4 is 48.9 Å². The Kier molecular flexibility index (Phi) is 4.27. The molecule has 0 radical (unpaired) electrons. The second-order valence-electron chi connectivity index (χ2n) is 4.25. The number of rotatable bonds is 3. The lowest BCUT2D eigenvalue weighted by Crippen LogP contribution is -2.13. The van der Waals surface area contributed by atoms with Crippen LogP contribution in [0.1, 0.15) is 5.56 Å². The van der Waals surface area contributed by atoms with Gasteiger partial charge in [0.25, 0.3) is 10.0 Å². The molecule has 2 aromatic rings. The number of nitrogens with one attached hydrogen (secondary N) is 1. The molecule has 0 heterocycles. The number of anilines is 2. The zero-order valence-corrected chi connectivity index (χ0v) is 13.7. The summed E-state index contributed by atoms with van der Waals surface area (Å²) in [6.45, 7) is 1.92. The molecule has 20 heavy (non-hydrogen) atoms. The van der Waals surface area contributed by atoms with E-state index >= 15 is 0 Å². The van der Waals surface area contributed by atoms with Gasteiger partial charge >= 0.3 is 0 Å². The van der Waals surface area contributed by atoms with Gasteiger partial charge in [0.15, 0.2) is 0 Å². The highest BCUT2D eigenvalue weighted by Gasteiger charge is 2.15. The van der Waals surface area contributed by atoms with Crippen molar-refractivity contribution in [3.8, 4) is 0 Å². The van der Waals surface area contributed by atoms with Crippen LogP contribution in [-0.4, -0.2) is 8.42 Å². The lowest BCUT2D eigenvalue weighted by molar-refractivity contribution is 0.601. The molecule has 0 saturated heterocycles. The van der Waals surface area contributed by atoms with Crippen LogP contribution in [0.3, 0.4) is 0 Å². The highest BCUT2D eigenvalue weighted by molar-refractivity contribution is 9.10. The van der Waals surface area contributed by atoms with Crippen molar-refractivity contribution in [2.45, 2.75) is 11.8 Å². The van der Waals surface area contributed by atoms with E-state index in [1.54, 1.807) is 12.1 Å². The molecular formula is C13H12BrClN2O2S. The third kappa shape index (κ3) is 3.26. The number of hydrogen-bond donors (Lipinski definition) is 2. The maximum absolute atomic E-state index is 12.2. The van der Waals surface area contributed by atoms with Gasteiger partial charge in [-0.1, -0.05) is 33.6 Å². The summed E-state index contributed by atoms with van der Waals surface area (Å²) in [5, 5.41) is 0.321. The topological polar surface area (TPSA) is 72.2 Å². The molecular weight excluding hydrogens is 364 g/mol. The van der Waals surface area contributed by atoms with E-state index in [1.807, 2.05) is 13.0 Å². The first kappa shape index (κ1) is 15.2. The van der Waals surface area contributed by atoms with Gasteiger partial charge in [-0.3, -0.25) is 4.72 Å². The second-order valence-corrected chi connectivity index (χ2v) is 7.20. The maximum atomic E-state index is 12.2. The van der Waals surface area contributed by atoms with Gasteiger partial charge in [-0.2, -0.15) is 0 Å². The molecule has 0 aliphatic heterocycles. The average Bonchev–Trinajstić information content (AvgIpc) is 2.37. The first-order chi connectivity index (χ1) is 9.29. The minimum atomic E-state index is -3.69. The van der Waals surface area contributed by atoms with Gasteiger partial charge in [0.05, 0.1) is 15.6 Å². The minimum absolute atomic E-state index is 0.0658. The molecule has 3 N–H and O–H groups in total. The monoisotopic (exact) mass is 374 g/mol. The van der Waals surface area contributed by atoms with Crippen molar-refractivity contribution in [3.63, 3.8) is 0 Å². The number of hydrogen-bond acceptors (Lipinski definition) is 3. The fourth-order valence-corrected chi connectivity index (χ4v) is 3.14. The van der Waals surface area contributed by atoms with Gasteiger partial charge < -0.3 is 5.73 Å². The van der Waals surface area contributed by atoms with Crippen LogP contribution in [0.5, 0.6) is 0 Å². The van der Waals surface area contributed by atoms with Crippen LogP contribution in [0.15, 0.2) is 45.8 Å². The number of sulfonamides is 1. The smallest absolute Gasteiger partial charge is 0.261 e. The van der Waals surface area contributed by atoms with Crippen molar-refractivity contribution < 1.29 is 8.42 Å². The van der Waals surface area contributed by atoms with Crippen LogP contribution in [0.4, 0.5) is 11.4 Å². The Balaban J connectivity index is 2.35. The van der Waals surface area contributed by atoms with Crippen LogP contribution in [0.2, 0.25) is 5.02 Å². The Morgan fingerprint density at radius 3 is 2.50 bits per heavy atom. The van der Waals surface area contributed by atoms with E-state index in [4.69, 9.17) is 17.3 Å². The van der Waals surface area contributed by atoms with E-state index in [0.717, 1.165) is 10.0 Å². The number of nitrogen functional groups attached to an aromatic ring is 1. The maximum Gasteiger partial charge on any atom is 0.261 e. The zero-order valence-electron chi connectivity index (χ0n) is 10.5.